The zero-order valence-electron chi connectivity index (χ0n) is 13.1. The van der Waals surface area contributed by atoms with Crippen molar-refractivity contribution in [1.82, 2.24) is 5.32 Å². The van der Waals surface area contributed by atoms with Gasteiger partial charge in [-0.15, -0.1) is 0 Å². The molecule has 0 radical (unpaired) electrons. The largest absolute Gasteiger partial charge is 0.496 e. The Morgan fingerprint density at radius 2 is 1.54 bits per heavy atom. The van der Waals surface area contributed by atoms with Crippen molar-refractivity contribution >= 4 is 5.78 Å². The predicted molar refractivity (Wildman–Crippen MR) is 82.3 cm³/mol. The third kappa shape index (κ3) is 4.05. The standard InChI is InChI=1S/C17H16F3NO3/c1-23-14-8-4-3-6-12(14)16(22)11-7-5-9-15(24-2)13(11)10-21-17(18,19)20/h3-9,21H,10H2,1-2H3. The Hall–Kier alpha value is -2.54. The normalized spacial score (nSPS) is 11.2. The van der Waals surface area contributed by atoms with E-state index in [1.807, 2.05) is 0 Å². The van der Waals surface area contributed by atoms with Crippen LogP contribution in [-0.2, 0) is 6.54 Å². The van der Waals surface area contributed by atoms with Crippen LogP contribution in [0.15, 0.2) is 42.5 Å². The van der Waals surface area contributed by atoms with Crippen LogP contribution in [0.5, 0.6) is 11.5 Å². The highest BCUT2D eigenvalue weighted by Gasteiger charge is 2.28. The van der Waals surface area contributed by atoms with E-state index in [2.05, 4.69) is 0 Å². The zero-order valence-corrected chi connectivity index (χ0v) is 13.1. The van der Waals surface area contributed by atoms with Gasteiger partial charge in [0.25, 0.3) is 0 Å². The topological polar surface area (TPSA) is 47.6 Å². The summed E-state index contributed by atoms with van der Waals surface area (Å²) in [5, 5.41) is 1.42. The molecule has 2 aromatic rings. The lowest BCUT2D eigenvalue weighted by Crippen LogP contribution is -2.31. The Kier molecular flexibility index (Phi) is 5.46. The maximum atomic E-state index is 12.8. The summed E-state index contributed by atoms with van der Waals surface area (Å²) in [5.41, 5.74) is 0.519. The van der Waals surface area contributed by atoms with Crippen molar-refractivity contribution in [3.05, 3.63) is 59.2 Å². The van der Waals surface area contributed by atoms with E-state index in [1.165, 1.54) is 31.7 Å². The molecule has 0 aliphatic rings. The quantitative estimate of drug-likeness (QED) is 0.646. The SMILES string of the molecule is COc1ccccc1C(=O)c1cccc(OC)c1CNC(F)(F)F. The smallest absolute Gasteiger partial charge is 0.457 e. The number of ketones is 1. The second kappa shape index (κ2) is 7.35. The summed E-state index contributed by atoms with van der Waals surface area (Å²) in [6.07, 6.45) is -4.56. The van der Waals surface area contributed by atoms with Gasteiger partial charge in [-0.3, -0.25) is 4.79 Å². The van der Waals surface area contributed by atoms with Crippen molar-refractivity contribution in [3.63, 3.8) is 0 Å². The minimum Gasteiger partial charge on any atom is -0.496 e. The second-order valence-corrected chi connectivity index (χ2v) is 4.87. The molecule has 128 valence electrons. The molecule has 0 saturated heterocycles. The van der Waals surface area contributed by atoms with Gasteiger partial charge in [0, 0.05) is 17.7 Å². The van der Waals surface area contributed by atoms with Gasteiger partial charge in [-0.25, -0.2) is 5.32 Å². The highest BCUT2D eigenvalue weighted by molar-refractivity contribution is 6.11. The maximum Gasteiger partial charge on any atom is 0.457 e. The summed E-state index contributed by atoms with van der Waals surface area (Å²) in [7, 11) is 2.76. The monoisotopic (exact) mass is 339 g/mol. The van der Waals surface area contributed by atoms with E-state index in [0.29, 0.717) is 5.75 Å². The molecule has 0 saturated carbocycles. The number of halogens is 3. The molecule has 0 fully saturated rings. The number of methoxy groups -OCH3 is 2. The lowest BCUT2D eigenvalue weighted by molar-refractivity contribution is -0.158. The third-order valence-corrected chi connectivity index (χ3v) is 3.41. The first kappa shape index (κ1) is 17.8. The van der Waals surface area contributed by atoms with Gasteiger partial charge < -0.3 is 9.47 Å². The summed E-state index contributed by atoms with van der Waals surface area (Å²) in [5.74, 6) is 0.109. The number of hydrogen-bond acceptors (Lipinski definition) is 4. The van der Waals surface area contributed by atoms with Crippen molar-refractivity contribution < 1.29 is 27.4 Å². The Labute approximate surface area is 137 Å². The molecule has 0 atom stereocenters. The Balaban J connectivity index is 2.47. The van der Waals surface area contributed by atoms with E-state index in [0.717, 1.165) is 0 Å². The molecule has 24 heavy (non-hydrogen) atoms. The second-order valence-electron chi connectivity index (χ2n) is 4.87. The summed E-state index contributed by atoms with van der Waals surface area (Å²) in [4.78, 5) is 12.8. The van der Waals surface area contributed by atoms with Gasteiger partial charge in [-0.05, 0) is 18.2 Å². The number of carbonyl (C=O) groups is 1. The summed E-state index contributed by atoms with van der Waals surface area (Å²) in [6.45, 7) is -0.580. The molecule has 7 heteroatoms. The lowest BCUT2D eigenvalue weighted by Gasteiger charge is -2.16. The predicted octanol–water partition coefficient (Wildman–Crippen LogP) is 3.54. The zero-order chi connectivity index (χ0) is 17.7. The van der Waals surface area contributed by atoms with Gasteiger partial charge in [-0.1, -0.05) is 24.3 Å². The van der Waals surface area contributed by atoms with Gasteiger partial charge in [0.1, 0.15) is 11.5 Å². The number of rotatable bonds is 6. The van der Waals surface area contributed by atoms with Crippen LogP contribution in [0.3, 0.4) is 0 Å². The summed E-state index contributed by atoms with van der Waals surface area (Å²) in [6, 6.07) is 11.1. The fourth-order valence-electron chi connectivity index (χ4n) is 2.32. The molecular formula is C17H16F3NO3. The molecule has 0 unspecified atom stereocenters. The van der Waals surface area contributed by atoms with Gasteiger partial charge in [-0.2, -0.15) is 13.2 Å². The van der Waals surface area contributed by atoms with Gasteiger partial charge >= 0.3 is 6.30 Å². The van der Waals surface area contributed by atoms with Gasteiger partial charge in [0.15, 0.2) is 5.78 Å². The molecule has 2 rings (SSSR count). The molecule has 2 aromatic carbocycles. The molecule has 0 amide bonds. The number of benzene rings is 2. The fraction of sp³-hybridized carbons (Fsp3) is 0.235. The van der Waals surface area contributed by atoms with Crippen LogP contribution < -0.4 is 14.8 Å². The Morgan fingerprint density at radius 3 is 2.17 bits per heavy atom. The minimum atomic E-state index is -4.56. The average molecular weight is 339 g/mol. The lowest BCUT2D eigenvalue weighted by atomic mass is 9.97. The molecule has 0 heterocycles. The molecule has 0 spiro atoms. The molecule has 0 aromatic heterocycles. The number of nitrogens with one attached hydrogen (secondary N) is 1. The van der Waals surface area contributed by atoms with E-state index < -0.39 is 18.6 Å². The van der Waals surface area contributed by atoms with Gasteiger partial charge in [0.2, 0.25) is 0 Å². The van der Waals surface area contributed by atoms with Crippen molar-refractivity contribution in [2.24, 2.45) is 0 Å². The van der Waals surface area contributed by atoms with Crippen LogP contribution in [0, 0.1) is 0 Å². The van der Waals surface area contributed by atoms with Crippen LogP contribution in [0.1, 0.15) is 21.5 Å². The number of alkyl halides is 3. The van der Waals surface area contributed by atoms with Gasteiger partial charge in [0.05, 0.1) is 19.8 Å². The van der Waals surface area contributed by atoms with E-state index in [4.69, 9.17) is 9.47 Å². The molecule has 0 aliphatic carbocycles. The fourth-order valence-corrected chi connectivity index (χ4v) is 2.32. The molecular weight excluding hydrogens is 323 g/mol. The first-order valence-electron chi connectivity index (χ1n) is 7.02. The highest BCUT2D eigenvalue weighted by atomic mass is 19.4. The Bertz CT molecular complexity index is 729. The van der Waals surface area contributed by atoms with Crippen LogP contribution in [0.25, 0.3) is 0 Å². The van der Waals surface area contributed by atoms with Crippen LogP contribution in [-0.4, -0.2) is 26.3 Å². The summed E-state index contributed by atoms with van der Waals surface area (Å²) >= 11 is 0. The molecule has 1 N–H and O–H groups in total. The van der Waals surface area contributed by atoms with Crippen LogP contribution in [0.2, 0.25) is 0 Å². The Morgan fingerprint density at radius 1 is 0.958 bits per heavy atom. The molecule has 0 aliphatic heterocycles. The number of hydrogen-bond donors (Lipinski definition) is 1. The van der Waals surface area contributed by atoms with E-state index >= 15 is 0 Å². The van der Waals surface area contributed by atoms with E-state index in [-0.39, 0.29) is 22.4 Å². The molecule has 4 nitrogen and oxygen atoms in total. The number of para-hydroxylation sites is 1. The minimum absolute atomic E-state index is 0.121. The van der Waals surface area contributed by atoms with Crippen LogP contribution >= 0.6 is 0 Å². The number of carbonyl (C=O) groups excluding carboxylic acids is 1. The third-order valence-electron chi connectivity index (χ3n) is 3.41. The maximum absolute atomic E-state index is 12.8. The molecule has 0 bridgehead atoms. The van der Waals surface area contributed by atoms with E-state index in [1.54, 1.807) is 30.3 Å². The first-order chi connectivity index (χ1) is 11.4. The van der Waals surface area contributed by atoms with Crippen molar-refractivity contribution in [2.75, 3.05) is 14.2 Å². The van der Waals surface area contributed by atoms with Crippen molar-refractivity contribution in [2.45, 2.75) is 12.8 Å². The highest BCUT2D eigenvalue weighted by Crippen LogP contribution is 2.28. The van der Waals surface area contributed by atoms with E-state index in [9.17, 15) is 18.0 Å². The van der Waals surface area contributed by atoms with Crippen molar-refractivity contribution in [3.8, 4) is 11.5 Å². The van der Waals surface area contributed by atoms with Crippen molar-refractivity contribution in [1.29, 1.82) is 0 Å². The van der Waals surface area contributed by atoms with Crippen LogP contribution in [0.4, 0.5) is 13.2 Å². The summed E-state index contributed by atoms with van der Waals surface area (Å²) < 4.78 is 47.7. The number of ether oxygens (including phenoxy) is 2. The average Bonchev–Trinajstić information content (AvgIpc) is 2.58. The first-order valence-corrected chi connectivity index (χ1v) is 7.02.